The minimum absolute atomic E-state index is 0.214. The summed E-state index contributed by atoms with van der Waals surface area (Å²) in [6, 6.07) is 16.6. The van der Waals surface area contributed by atoms with Crippen LogP contribution in [-0.2, 0) is 0 Å². The van der Waals surface area contributed by atoms with Crippen LogP contribution < -0.4 is 0 Å². The van der Waals surface area contributed by atoms with Gasteiger partial charge in [-0.3, -0.25) is 0 Å². The van der Waals surface area contributed by atoms with Gasteiger partial charge in [0.25, 0.3) is 0 Å². The lowest BCUT2D eigenvalue weighted by Gasteiger charge is -2.29. The molecule has 2 rings (SSSR count). The SMILES string of the molecule is CCCC(O)C(O)C(C)(C)C.O=C(O)c1ccccc1.O=C(O)c1ccccc1. The lowest BCUT2D eigenvalue weighted by atomic mass is 9.84. The van der Waals surface area contributed by atoms with Crippen molar-refractivity contribution in [1.82, 2.24) is 0 Å². The van der Waals surface area contributed by atoms with E-state index in [9.17, 15) is 19.8 Å². The van der Waals surface area contributed by atoms with Crippen LogP contribution in [0.5, 0.6) is 0 Å². The molecule has 2 unspecified atom stereocenters. The van der Waals surface area contributed by atoms with Gasteiger partial charge in [0.15, 0.2) is 0 Å². The molecule has 0 aliphatic heterocycles. The van der Waals surface area contributed by atoms with Crippen molar-refractivity contribution in [3.8, 4) is 0 Å². The first-order valence-electron chi connectivity index (χ1n) is 9.43. The van der Waals surface area contributed by atoms with Crippen LogP contribution in [0.4, 0.5) is 0 Å². The zero-order valence-corrected chi connectivity index (χ0v) is 17.4. The van der Waals surface area contributed by atoms with Gasteiger partial charge in [0.1, 0.15) is 0 Å². The first kappa shape index (κ1) is 26.3. The average Bonchev–Trinajstić information content (AvgIpc) is 2.69. The van der Waals surface area contributed by atoms with Crippen molar-refractivity contribution in [2.45, 2.75) is 52.7 Å². The van der Waals surface area contributed by atoms with Crippen LogP contribution in [-0.4, -0.2) is 44.6 Å². The molecule has 0 radical (unpaired) electrons. The fourth-order valence-electron chi connectivity index (χ4n) is 2.19. The molecule has 0 aromatic heterocycles. The Kier molecular flexibility index (Phi) is 12.2. The van der Waals surface area contributed by atoms with Crippen molar-refractivity contribution in [2.24, 2.45) is 5.41 Å². The number of rotatable bonds is 5. The Morgan fingerprint density at radius 2 is 1.14 bits per heavy atom. The normalized spacial score (nSPS) is 12.3. The standard InChI is InChI=1S/C9H20O2.2C7H6O2/c1-5-6-7(10)8(11)9(2,3)4;2*8-7(9)6-4-2-1-3-5-6/h7-8,10-11H,5-6H2,1-4H3;2*1-5H,(H,8,9). The van der Waals surface area contributed by atoms with Gasteiger partial charge in [0.2, 0.25) is 0 Å². The molecule has 0 bridgehead atoms. The zero-order chi connectivity index (χ0) is 22.4. The van der Waals surface area contributed by atoms with Gasteiger partial charge in [-0.2, -0.15) is 0 Å². The van der Waals surface area contributed by atoms with E-state index in [1.807, 2.05) is 27.7 Å². The summed E-state index contributed by atoms with van der Waals surface area (Å²) in [6.45, 7) is 7.78. The number of benzene rings is 2. The summed E-state index contributed by atoms with van der Waals surface area (Å²) >= 11 is 0. The van der Waals surface area contributed by atoms with E-state index in [4.69, 9.17) is 10.2 Å². The molecule has 6 heteroatoms. The van der Waals surface area contributed by atoms with Crippen molar-refractivity contribution >= 4 is 11.9 Å². The van der Waals surface area contributed by atoms with Crippen LogP contribution in [0.2, 0.25) is 0 Å². The van der Waals surface area contributed by atoms with Gasteiger partial charge in [0.05, 0.1) is 23.3 Å². The number of aromatic carboxylic acids is 2. The molecule has 6 nitrogen and oxygen atoms in total. The van der Waals surface area contributed by atoms with Crippen LogP contribution in [0, 0.1) is 5.41 Å². The summed E-state index contributed by atoms with van der Waals surface area (Å²) in [5.41, 5.74) is 0.448. The number of hydrogen-bond acceptors (Lipinski definition) is 4. The van der Waals surface area contributed by atoms with E-state index in [0.29, 0.717) is 17.5 Å². The average molecular weight is 405 g/mol. The van der Waals surface area contributed by atoms with Crippen LogP contribution in [0.15, 0.2) is 60.7 Å². The van der Waals surface area contributed by atoms with E-state index in [-0.39, 0.29) is 5.41 Å². The monoisotopic (exact) mass is 404 g/mol. The predicted octanol–water partition coefficient (Wildman–Crippen LogP) is 4.32. The number of hydrogen-bond donors (Lipinski definition) is 4. The zero-order valence-electron chi connectivity index (χ0n) is 17.4. The molecular formula is C23H32O6. The second-order valence-electron chi connectivity index (χ2n) is 7.51. The molecule has 0 saturated carbocycles. The molecule has 0 fully saturated rings. The third kappa shape index (κ3) is 11.7. The molecule has 0 aliphatic rings. The molecule has 2 atom stereocenters. The fraction of sp³-hybridized carbons (Fsp3) is 0.391. The smallest absolute Gasteiger partial charge is 0.335 e. The fourth-order valence-corrected chi connectivity index (χ4v) is 2.19. The molecule has 0 saturated heterocycles. The Morgan fingerprint density at radius 3 is 1.34 bits per heavy atom. The summed E-state index contributed by atoms with van der Waals surface area (Å²) in [4.78, 5) is 20.4. The van der Waals surface area contributed by atoms with Gasteiger partial charge in [-0.05, 0) is 36.1 Å². The Hall–Kier alpha value is -2.70. The Morgan fingerprint density at radius 1 is 0.793 bits per heavy atom. The Labute approximate surface area is 172 Å². The van der Waals surface area contributed by atoms with Gasteiger partial charge >= 0.3 is 11.9 Å². The highest BCUT2D eigenvalue weighted by molar-refractivity contribution is 5.87. The maximum absolute atomic E-state index is 10.2. The maximum Gasteiger partial charge on any atom is 0.335 e. The largest absolute Gasteiger partial charge is 0.478 e. The number of aliphatic hydroxyl groups excluding tert-OH is 2. The number of carboxylic acid groups (broad SMARTS) is 2. The van der Waals surface area contributed by atoms with E-state index in [1.165, 1.54) is 0 Å². The first-order chi connectivity index (χ1) is 13.5. The van der Waals surface area contributed by atoms with Crippen LogP contribution in [0.25, 0.3) is 0 Å². The molecule has 0 amide bonds. The van der Waals surface area contributed by atoms with Crippen LogP contribution in [0.3, 0.4) is 0 Å². The highest BCUT2D eigenvalue weighted by Crippen LogP contribution is 2.23. The summed E-state index contributed by atoms with van der Waals surface area (Å²) < 4.78 is 0. The van der Waals surface area contributed by atoms with Crippen LogP contribution in [0.1, 0.15) is 61.3 Å². The number of carboxylic acids is 2. The predicted molar refractivity (Wildman–Crippen MR) is 113 cm³/mol. The summed E-state index contributed by atoms with van der Waals surface area (Å²) in [6.07, 6.45) is 0.412. The molecule has 0 heterocycles. The Bertz CT molecular complexity index is 658. The third-order valence-electron chi connectivity index (χ3n) is 3.88. The highest BCUT2D eigenvalue weighted by atomic mass is 16.4. The van der Waals surface area contributed by atoms with Gasteiger partial charge in [-0.25, -0.2) is 9.59 Å². The van der Waals surface area contributed by atoms with Crippen molar-refractivity contribution in [1.29, 1.82) is 0 Å². The minimum Gasteiger partial charge on any atom is -0.478 e. The lowest BCUT2D eigenvalue weighted by molar-refractivity contribution is -0.0474. The van der Waals surface area contributed by atoms with Crippen LogP contribution >= 0.6 is 0 Å². The quantitative estimate of drug-likeness (QED) is 0.590. The topological polar surface area (TPSA) is 115 Å². The number of aliphatic hydroxyl groups is 2. The van der Waals surface area contributed by atoms with E-state index in [0.717, 1.165) is 6.42 Å². The maximum atomic E-state index is 10.2. The molecule has 0 spiro atoms. The van der Waals surface area contributed by atoms with E-state index in [1.54, 1.807) is 60.7 Å². The van der Waals surface area contributed by atoms with E-state index < -0.39 is 24.1 Å². The summed E-state index contributed by atoms with van der Waals surface area (Å²) in [7, 11) is 0. The van der Waals surface area contributed by atoms with Gasteiger partial charge in [-0.1, -0.05) is 70.5 Å². The summed E-state index contributed by atoms with van der Waals surface area (Å²) in [5.74, 6) is -1.76. The first-order valence-corrected chi connectivity index (χ1v) is 9.43. The molecule has 4 N–H and O–H groups in total. The van der Waals surface area contributed by atoms with Crippen molar-refractivity contribution in [3.63, 3.8) is 0 Å². The molecule has 2 aromatic rings. The van der Waals surface area contributed by atoms with Gasteiger partial charge < -0.3 is 20.4 Å². The second kappa shape index (κ2) is 13.5. The van der Waals surface area contributed by atoms with Gasteiger partial charge in [0, 0.05) is 0 Å². The molecule has 29 heavy (non-hydrogen) atoms. The van der Waals surface area contributed by atoms with Crippen molar-refractivity contribution in [3.05, 3.63) is 71.8 Å². The molecule has 0 aliphatic carbocycles. The lowest BCUT2D eigenvalue weighted by Crippen LogP contribution is -2.37. The summed E-state index contributed by atoms with van der Waals surface area (Å²) in [5, 5.41) is 35.7. The minimum atomic E-state index is -0.879. The second-order valence-corrected chi connectivity index (χ2v) is 7.51. The highest BCUT2D eigenvalue weighted by Gasteiger charge is 2.28. The van der Waals surface area contributed by atoms with E-state index in [2.05, 4.69) is 0 Å². The number of carbonyl (C=O) groups is 2. The van der Waals surface area contributed by atoms with Crippen molar-refractivity contribution < 1.29 is 30.0 Å². The molecule has 160 valence electrons. The third-order valence-corrected chi connectivity index (χ3v) is 3.88. The van der Waals surface area contributed by atoms with E-state index >= 15 is 0 Å². The molecule has 2 aromatic carbocycles. The Balaban J connectivity index is 0.000000408. The van der Waals surface area contributed by atoms with Gasteiger partial charge in [-0.15, -0.1) is 0 Å². The molecular weight excluding hydrogens is 372 g/mol. The van der Waals surface area contributed by atoms with Crippen molar-refractivity contribution in [2.75, 3.05) is 0 Å².